The van der Waals surface area contributed by atoms with Crippen LogP contribution in [0.4, 0.5) is 4.39 Å². The predicted octanol–water partition coefficient (Wildman–Crippen LogP) is -0.152. The number of carbonyl (C=O) groups excluding carboxylic acids is 1. The number of aliphatic hydroxyl groups excluding tert-OH is 2. The number of benzene rings is 1. The van der Waals surface area contributed by atoms with Crippen LogP contribution in [-0.4, -0.2) is 28.4 Å². The standard InChI is InChI=1S/C22H29FO4.Na/c1-3-14-11-21(15-5-7-16(23)8-6-15)20(19(14)4-2)10-9-17(24)12-18(25)13-22(26)27;/h5-10,14,17-19,24-25H,3-4,11-13H2,1-2H3,(H,26,27);/q;+1/p-1/b10-9+;. The molecule has 4 unspecified atom stereocenters. The zero-order chi connectivity index (χ0) is 20.0. The Hall–Kier alpha value is -0.980. The number of hydrogen-bond acceptors (Lipinski definition) is 4. The Labute approximate surface area is 188 Å². The molecule has 28 heavy (non-hydrogen) atoms. The molecule has 0 radical (unpaired) electrons. The Bertz CT molecular complexity index is 699. The number of allylic oxidation sites excluding steroid dienone is 3. The number of hydrogen-bond donors (Lipinski definition) is 2. The van der Waals surface area contributed by atoms with Crippen molar-refractivity contribution in [1.82, 2.24) is 0 Å². The average molecular weight is 398 g/mol. The third-order valence-electron chi connectivity index (χ3n) is 5.35. The first-order valence-electron chi connectivity index (χ1n) is 9.58. The summed E-state index contributed by atoms with van der Waals surface area (Å²) in [7, 11) is 0. The Kier molecular flexibility index (Phi) is 10.6. The molecule has 0 saturated heterocycles. The van der Waals surface area contributed by atoms with Crippen molar-refractivity contribution in [3.63, 3.8) is 0 Å². The van der Waals surface area contributed by atoms with Gasteiger partial charge in [0.05, 0.1) is 12.2 Å². The molecule has 0 heterocycles. The van der Waals surface area contributed by atoms with Gasteiger partial charge in [0.25, 0.3) is 0 Å². The SMILES string of the molecule is CCC1CC(c2ccc(F)cc2)=C(/C=C/C(O)CC(O)CC(=O)[O-])C1CC.[Na+]. The molecule has 2 rings (SSSR count). The molecule has 1 aliphatic rings. The van der Waals surface area contributed by atoms with E-state index in [0.29, 0.717) is 11.8 Å². The minimum atomic E-state index is -1.34. The molecular weight excluding hydrogens is 370 g/mol. The number of carboxylic acid groups (broad SMARTS) is 1. The van der Waals surface area contributed by atoms with Gasteiger partial charge in [-0.2, -0.15) is 0 Å². The van der Waals surface area contributed by atoms with E-state index in [2.05, 4.69) is 13.8 Å². The molecule has 0 aliphatic heterocycles. The summed E-state index contributed by atoms with van der Waals surface area (Å²) in [5.41, 5.74) is 3.27. The molecule has 1 aromatic carbocycles. The number of carbonyl (C=O) groups is 1. The molecule has 4 atom stereocenters. The molecule has 0 bridgehead atoms. The molecular formula is C22H28FNaO4. The van der Waals surface area contributed by atoms with Gasteiger partial charge in [-0.1, -0.05) is 44.6 Å². The second-order valence-corrected chi connectivity index (χ2v) is 7.22. The summed E-state index contributed by atoms with van der Waals surface area (Å²) in [5, 5.41) is 30.3. The van der Waals surface area contributed by atoms with E-state index in [1.54, 1.807) is 18.2 Å². The van der Waals surface area contributed by atoms with Crippen LogP contribution in [0.3, 0.4) is 0 Å². The molecule has 0 amide bonds. The summed E-state index contributed by atoms with van der Waals surface area (Å²) in [6, 6.07) is 6.47. The quantitative estimate of drug-likeness (QED) is 0.567. The third kappa shape index (κ3) is 6.82. The van der Waals surface area contributed by atoms with E-state index in [1.165, 1.54) is 12.1 Å². The molecule has 0 spiro atoms. The van der Waals surface area contributed by atoms with Crippen LogP contribution in [0, 0.1) is 17.7 Å². The van der Waals surface area contributed by atoms with Crippen molar-refractivity contribution in [2.45, 2.75) is 58.2 Å². The predicted molar refractivity (Wildman–Crippen MR) is 101 cm³/mol. The van der Waals surface area contributed by atoms with Crippen LogP contribution in [0.2, 0.25) is 0 Å². The van der Waals surface area contributed by atoms with Crippen molar-refractivity contribution >= 4 is 11.5 Å². The monoisotopic (exact) mass is 398 g/mol. The van der Waals surface area contributed by atoms with E-state index < -0.39 is 24.6 Å². The van der Waals surface area contributed by atoms with Gasteiger partial charge >= 0.3 is 29.6 Å². The van der Waals surface area contributed by atoms with Gasteiger partial charge in [-0.25, -0.2) is 4.39 Å². The Morgan fingerprint density at radius 3 is 2.43 bits per heavy atom. The smallest absolute Gasteiger partial charge is 0.550 e. The van der Waals surface area contributed by atoms with Gasteiger partial charge in [0.1, 0.15) is 5.82 Å². The third-order valence-corrected chi connectivity index (χ3v) is 5.35. The van der Waals surface area contributed by atoms with Gasteiger partial charge in [0, 0.05) is 18.8 Å². The number of rotatable bonds is 9. The van der Waals surface area contributed by atoms with Gasteiger partial charge < -0.3 is 20.1 Å². The molecule has 6 heteroatoms. The Morgan fingerprint density at radius 2 is 1.89 bits per heavy atom. The Morgan fingerprint density at radius 1 is 1.25 bits per heavy atom. The summed E-state index contributed by atoms with van der Waals surface area (Å²) in [6.45, 7) is 4.29. The molecule has 148 valence electrons. The first kappa shape index (κ1) is 25.1. The normalized spacial score (nSPS) is 21.6. The van der Waals surface area contributed by atoms with E-state index in [0.717, 1.165) is 36.0 Å². The molecule has 0 saturated carbocycles. The van der Waals surface area contributed by atoms with Gasteiger partial charge in [-0.05, 0) is 53.5 Å². The zero-order valence-electron chi connectivity index (χ0n) is 16.9. The van der Waals surface area contributed by atoms with E-state index in [-0.39, 0.29) is 41.8 Å². The van der Waals surface area contributed by atoms with Crippen molar-refractivity contribution in [1.29, 1.82) is 0 Å². The molecule has 1 aliphatic carbocycles. The molecule has 2 N–H and O–H groups in total. The molecule has 4 nitrogen and oxygen atoms in total. The zero-order valence-corrected chi connectivity index (χ0v) is 18.9. The van der Waals surface area contributed by atoms with E-state index >= 15 is 0 Å². The van der Waals surface area contributed by atoms with E-state index in [4.69, 9.17) is 0 Å². The van der Waals surface area contributed by atoms with Crippen molar-refractivity contribution in [2.75, 3.05) is 0 Å². The Balaban J connectivity index is 0.00000392. The summed E-state index contributed by atoms with van der Waals surface area (Å²) < 4.78 is 13.3. The molecule has 0 aromatic heterocycles. The minimum absolute atomic E-state index is 0. The fourth-order valence-corrected chi connectivity index (χ4v) is 3.99. The largest absolute Gasteiger partial charge is 1.00 e. The van der Waals surface area contributed by atoms with Crippen LogP contribution >= 0.6 is 0 Å². The fourth-order valence-electron chi connectivity index (χ4n) is 3.99. The number of aliphatic hydroxyl groups is 2. The fraction of sp³-hybridized carbons (Fsp3) is 0.500. The maximum atomic E-state index is 13.3. The summed E-state index contributed by atoms with van der Waals surface area (Å²) in [6.07, 6.45) is 3.76. The summed E-state index contributed by atoms with van der Waals surface area (Å²) in [4.78, 5) is 10.5. The number of aliphatic carboxylic acids is 1. The van der Waals surface area contributed by atoms with Crippen molar-refractivity contribution in [3.05, 3.63) is 53.4 Å². The maximum Gasteiger partial charge on any atom is 1.00 e. The first-order chi connectivity index (χ1) is 12.8. The van der Waals surface area contributed by atoms with Crippen LogP contribution in [0.15, 0.2) is 42.0 Å². The van der Waals surface area contributed by atoms with E-state index in [9.17, 15) is 24.5 Å². The van der Waals surface area contributed by atoms with Gasteiger partial charge in [0.15, 0.2) is 0 Å². The van der Waals surface area contributed by atoms with Gasteiger partial charge in [-0.3, -0.25) is 0 Å². The molecule has 0 fully saturated rings. The summed E-state index contributed by atoms with van der Waals surface area (Å²) in [5.74, 6) is -0.763. The number of halogens is 1. The van der Waals surface area contributed by atoms with Gasteiger partial charge in [-0.15, -0.1) is 0 Å². The van der Waals surface area contributed by atoms with Crippen LogP contribution in [0.25, 0.3) is 5.57 Å². The molecule has 1 aromatic rings. The maximum absolute atomic E-state index is 13.3. The first-order valence-corrected chi connectivity index (χ1v) is 9.58. The topological polar surface area (TPSA) is 80.6 Å². The van der Waals surface area contributed by atoms with Crippen LogP contribution in [-0.2, 0) is 4.79 Å². The van der Waals surface area contributed by atoms with Crippen molar-refractivity contribution in [2.24, 2.45) is 11.8 Å². The average Bonchev–Trinajstić information content (AvgIpc) is 2.97. The van der Waals surface area contributed by atoms with Crippen molar-refractivity contribution < 1.29 is 54.1 Å². The van der Waals surface area contributed by atoms with E-state index in [1.807, 2.05) is 6.08 Å². The van der Waals surface area contributed by atoms with Gasteiger partial charge in [0.2, 0.25) is 0 Å². The van der Waals surface area contributed by atoms with Crippen LogP contribution < -0.4 is 34.7 Å². The second-order valence-electron chi connectivity index (χ2n) is 7.22. The van der Waals surface area contributed by atoms with Crippen LogP contribution in [0.1, 0.15) is 51.5 Å². The second kappa shape index (κ2) is 11.9. The van der Waals surface area contributed by atoms with Crippen molar-refractivity contribution in [3.8, 4) is 0 Å². The number of carboxylic acids is 1. The summed E-state index contributed by atoms with van der Waals surface area (Å²) >= 11 is 0. The minimum Gasteiger partial charge on any atom is -0.550 e. The van der Waals surface area contributed by atoms with Crippen LogP contribution in [0.5, 0.6) is 0 Å².